The Morgan fingerprint density at radius 3 is 2.00 bits per heavy atom. The van der Waals surface area contributed by atoms with Crippen molar-refractivity contribution in [1.29, 1.82) is 0 Å². The van der Waals surface area contributed by atoms with Crippen LogP contribution in [0.1, 0.15) is 27.7 Å². The zero-order chi connectivity index (χ0) is 19.4. The second-order valence-corrected chi connectivity index (χ2v) is 5.94. The molecule has 11 heteroatoms. The van der Waals surface area contributed by atoms with E-state index in [2.05, 4.69) is 5.32 Å². The maximum Gasteiger partial charge on any atom is 0.303 e. The molecule has 0 spiro atoms. The molecule has 1 saturated heterocycles. The summed E-state index contributed by atoms with van der Waals surface area (Å²) < 4.78 is 20.2. The van der Waals surface area contributed by atoms with Crippen molar-refractivity contribution in [3.63, 3.8) is 0 Å². The van der Waals surface area contributed by atoms with Crippen molar-refractivity contribution in [2.45, 2.75) is 57.3 Å². The fourth-order valence-corrected chi connectivity index (χ4v) is 2.63. The third kappa shape index (κ3) is 6.15. The maximum atomic E-state index is 11.4. The van der Waals surface area contributed by atoms with Crippen LogP contribution in [0.4, 0.5) is 0 Å². The van der Waals surface area contributed by atoms with Gasteiger partial charge in [0.05, 0.1) is 0 Å². The number of ether oxygens (including phenoxy) is 4. The van der Waals surface area contributed by atoms with Crippen LogP contribution in [0.3, 0.4) is 0 Å². The molecular weight excluding hydrogens is 362 g/mol. The van der Waals surface area contributed by atoms with Gasteiger partial charge in [-0.1, -0.05) is 11.6 Å². The van der Waals surface area contributed by atoms with Crippen molar-refractivity contribution < 1.29 is 43.2 Å². The summed E-state index contributed by atoms with van der Waals surface area (Å²) in [6.07, 6.45) is -3.93. The van der Waals surface area contributed by atoms with E-state index in [1.54, 1.807) is 0 Å². The quantitative estimate of drug-likeness (QED) is 0.356. The zero-order valence-electron chi connectivity index (χ0n) is 14.1. The molecule has 1 aliphatic rings. The van der Waals surface area contributed by atoms with Crippen molar-refractivity contribution >= 4 is 35.4 Å². The predicted octanol–water partition coefficient (Wildman–Crippen LogP) is -0.799. The Balaban J connectivity index is 3.24. The molecule has 0 unspecified atom stereocenters. The first-order valence-corrected chi connectivity index (χ1v) is 7.65. The van der Waals surface area contributed by atoms with Crippen molar-refractivity contribution in [3.05, 3.63) is 0 Å². The second-order valence-electron chi connectivity index (χ2n) is 5.39. The van der Waals surface area contributed by atoms with E-state index in [-0.39, 0.29) is 0 Å². The van der Waals surface area contributed by atoms with Gasteiger partial charge in [-0.3, -0.25) is 19.2 Å². The lowest BCUT2D eigenvalue weighted by atomic mass is 9.96. The number of aliphatic hydroxyl groups is 1. The minimum atomic E-state index is -2.51. The van der Waals surface area contributed by atoms with E-state index < -0.39 is 60.0 Å². The van der Waals surface area contributed by atoms with Crippen molar-refractivity contribution in [2.75, 3.05) is 6.61 Å². The van der Waals surface area contributed by atoms with Crippen LogP contribution in [0, 0.1) is 0 Å². The third-order valence-corrected chi connectivity index (χ3v) is 3.46. The molecule has 0 radical (unpaired) electrons. The van der Waals surface area contributed by atoms with Gasteiger partial charge in [-0.2, -0.15) is 0 Å². The van der Waals surface area contributed by atoms with Crippen molar-refractivity contribution in [3.8, 4) is 0 Å². The minimum Gasteiger partial charge on any atom is -0.463 e. The molecule has 1 aliphatic heterocycles. The second kappa shape index (κ2) is 8.45. The van der Waals surface area contributed by atoms with Gasteiger partial charge in [0.1, 0.15) is 18.8 Å². The molecule has 0 aliphatic carbocycles. The van der Waals surface area contributed by atoms with Crippen LogP contribution in [0.2, 0.25) is 0 Å². The lowest BCUT2D eigenvalue weighted by Gasteiger charge is -2.46. The van der Waals surface area contributed by atoms with Gasteiger partial charge < -0.3 is 29.4 Å². The van der Waals surface area contributed by atoms with E-state index in [4.69, 9.17) is 30.5 Å². The first-order valence-electron chi connectivity index (χ1n) is 7.28. The molecule has 2 N–H and O–H groups in total. The Hall–Kier alpha value is -1.91. The molecule has 142 valence electrons. The van der Waals surface area contributed by atoms with Crippen LogP contribution >= 0.6 is 11.6 Å². The molecule has 10 nitrogen and oxygen atoms in total. The van der Waals surface area contributed by atoms with Crippen LogP contribution in [0.5, 0.6) is 0 Å². The average Bonchev–Trinajstić information content (AvgIpc) is 2.42. The smallest absolute Gasteiger partial charge is 0.303 e. The molecule has 1 amide bonds. The molecule has 0 saturated carbocycles. The molecule has 1 fully saturated rings. The van der Waals surface area contributed by atoms with Crippen LogP contribution < -0.4 is 5.32 Å². The highest BCUT2D eigenvalue weighted by molar-refractivity contribution is 6.22. The first-order chi connectivity index (χ1) is 11.4. The average molecular weight is 382 g/mol. The number of alkyl halides is 1. The number of carbonyl (C=O) groups is 4. The van der Waals surface area contributed by atoms with Gasteiger partial charge in [0.15, 0.2) is 12.2 Å². The summed E-state index contributed by atoms with van der Waals surface area (Å²) >= 11 is 5.92. The van der Waals surface area contributed by atoms with Gasteiger partial charge in [-0.25, -0.2) is 0 Å². The van der Waals surface area contributed by atoms with E-state index in [9.17, 15) is 24.3 Å². The Kier molecular flexibility index (Phi) is 7.15. The molecule has 5 atom stereocenters. The number of carbonyl (C=O) groups excluding carboxylic acids is 4. The van der Waals surface area contributed by atoms with Crippen LogP contribution in [-0.2, 0) is 38.1 Å². The summed E-state index contributed by atoms with van der Waals surface area (Å²) in [6.45, 7) is 4.03. The van der Waals surface area contributed by atoms with Gasteiger partial charge in [0.25, 0.3) is 5.25 Å². The Morgan fingerprint density at radius 1 is 1.04 bits per heavy atom. The number of hydrogen-bond acceptors (Lipinski definition) is 9. The molecule has 0 aromatic rings. The minimum absolute atomic E-state index is 0.438. The number of hydrogen-bond donors (Lipinski definition) is 2. The summed E-state index contributed by atoms with van der Waals surface area (Å²) in [7, 11) is 0. The van der Waals surface area contributed by atoms with Crippen LogP contribution in [0.25, 0.3) is 0 Å². The molecular formula is C14H20ClNO9. The normalized spacial score (nSPS) is 31.6. The monoisotopic (exact) mass is 381 g/mol. The zero-order valence-corrected chi connectivity index (χ0v) is 14.9. The number of rotatable bonds is 5. The number of halogens is 1. The Labute approximate surface area is 148 Å². The lowest BCUT2D eigenvalue weighted by Crippen LogP contribution is -2.69. The summed E-state index contributed by atoms with van der Waals surface area (Å²) in [4.78, 5) is 45.3. The van der Waals surface area contributed by atoms with E-state index in [1.165, 1.54) is 0 Å². The number of esters is 3. The van der Waals surface area contributed by atoms with Gasteiger partial charge in [-0.15, -0.1) is 0 Å². The van der Waals surface area contributed by atoms with E-state index in [0.29, 0.717) is 0 Å². The first kappa shape index (κ1) is 21.1. The van der Waals surface area contributed by atoms with E-state index in [1.807, 2.05) is 0 Å². The SMILES string of the molecule is CC(=O)N[C@H]1[C@@H](OC(C)=O)[C@H](OC(C)=O)[C@@H](COC(C)=O)O[C@@]1(O)Cl. The highest BCUT2D eigenvalue weighted by Gasteiger charge is 2.57. The summed E-state index contributed by atoms with van der Waals surface area (Å²) in [5.74, 6) is -2.79. The topological polar surface area (TPSA) is 137 Å². The van der Waals surface area contributed by atoms with Gasteiger partial charge in [0.2, 0.25) is 5.91 Å². The van der Waals surface area contributed by atoms with Crippen LogP contribution in [0.15, 0.2) is 0 Å². The number of amides is 1. The third-order valence-electron chi connectivity index (χ3n) is 3.13. The van der Waals surface area contributed by atoms with Crippen molar-refractivity contribution in [1.82, 2.24) is 5.32 Å². The molecule has 1 heterocycles. The molecule has 1 rings (SSSR count). The lowest BCUT2D eigenvalue weighted by molar-refractivity contribution is -0.284. The summed E-state index contributed by atoms with van der Waals surface area (Å²) in [6, 6.07) is -1.45. The molecule has 0 aromatic carbocycles. The fraction of sp³-hybridized carbons (Fsp3) is 0.714. The van der Waals surface area contributed by atoms with Gasteiger partial charge >= 0.3 is 17.9 Å². The molecule has 0 bridgehead atoms. The summed E-state index contributed by atoms with van der Waals surface area (Å²) in [5.41, 5.74) is 0. The Morgan fingerprint density at radius 2 is 1.56 bits per heavy atom. The molecule has 0 aromatic heterocycles. The van der Waals surface area contributed by atoms with Gasteiger partial charge in [0, 0.05) is 27.7 Å². The highest BCUT2D eigenvalue weighted by Crippen LogP contribution is 2.34. The van der Waals surface area contributed by atoms with E-state index >= 15 is 0 Å². The van der Waals surface area contributed by atoms with Crippen LogP contribution in [-0.4, -0.2) is 65.1 Å². The number of nitrogens with one attached hydrogen (secondary N) is 1. The molecule has 25 heavy (non-hydrogen) atoms. The predicted molar refractivity (Wildman–Crippen MR) is 81.0 cm³/mol. The standard InChI is InChI=1S/C14H20ClNO9/c1-6(17)16-13-12(24-9(4)20)11(23-8(3)19)10(5-22-7(2)18)25-14(13,15)21/h10-13,21H,5H2,1-4H3,(H,16,17)/t10-,11-,12+,13+,14-/m1/s1. The maximum absolute atomic E-state index is 11.4. The Bertz CT molecular complexity index is 550. The summed E-state index contributed by atoms with van der Waals surface area (Å²) in [5, 5.41) is 10.1. The van der Waals surface area contributed by atoms with Gasteiger partial charge in [-0.05, 0) is 0 Å². The highest BCUT2D eigenvalue weighted by atomic mass is 35.5. The van der Waals surface area contributed by atoms with Crippen molar-refractivity contribution in [2.24, 2.45) is 0 Å². The fourth-order valence-electron chi connectivity index (χ4n) is 2.34. The van der Waals surface area contributed by atoms with E-state index in [0.717, 1.165) is 27.7 Å². The largest absolute Gasteiger partial charge is 0.463 e.